The molecule has 8 aromatic rings. The summed E-state index contributed by atoms with van der Waals surface area (Å²) in [4.78, 5) is 2.38. The molecule has 42 heavy (non-hydrogen) atoms. The molecule has 0 aliphatic carbocycles. The van der Waals surface area contributed by atoms with Crippen LogP contribution in [0.25, 0.3) is 55.0 Å². The van der Waals surface area contributed by atoms with E-state index in [9.17, 15) is 0 Å². The number of nitrogens with zero attached hydrogens (tertiary/aromatic N) is 1. The first kappa shape index (κ1) is 24.2. The SMILES string of the molecule is c1ccc(-c2c(-c3ccccc3N(c3ccccc3)c3cccc4oc5ccccc5c34)ccc3ccccc23)cc1. The van der Waals surface area contributed by atoms with Gasteiger partial charge in [0.05, 0.1) is 16.8 Å². The van der Waals surface area contributed by atoms with Gasteiger partial charge < -0.3 is 9.32 Å². The maximum atomic E-state index is 6.33. The second-order valence-corrected chi connectivity index (χ2v) is 10.5. The van der Waals surface area contributed by atoms with Crippen molar-refractivity contribution in [1.82, 2.24) is 0 Å². The summed E-state index contributed by atoms with van der Waals surface area (Å²) in [6.07, 6.45) is 0. The van der Waals surface area contributed by atoms with E-state index in [1.807, 2.05) is 12.1 Å². The molecule has 0 aliphatic heterocycles. The van der Waals surface area contributed by atoms with Gasteiger partial charge in [0.2, 0.25) is 0 Å². The number of hydrogen-bond donors (Lipinski definition) is 0. The van der Waals surface area contributed by atoms with Crippen molar-refractivity contribution < 1.29 is 4.42 Å². The molecule has 0 amide bonds. The first-order chi connectivity index (χ1) is 20.9. The fourth-order valence-corrected chi connectivity index (χ4v) is 6.24. The number of furan rings is 1. The van der Waals surface area contributed by atoms with E-state index in [4.69, 9.17) is 4.42 Å². The molecule has 198 valence electrons. The zero-order chi connectivity index (χ0) is 27.9. The Labute approximate surface area is 244 Å². The summed E-state index contributed by atoms with van der Waals surface area (Å²) >= 11 is 0. The second kappa shape index (κ2) is 10.1. The minimum absolute atomic E-state index is 0.878. The van der Waals surface area contributed by atoms with Gasteiger partial charge >= 0.3 is 0 Å². The first-order valence-corrected chi connectivity index (χ1v) is 14.3. The van der Waals surface area contributed by atoms with Crippen LogP contribution in [0.5, 0.6) is 0 Å². The highest BCUT2D eigenvalue weighted by Crippen LogP contribution is 2.48. The lowest BCUT2D eigenvalue weighted by Crippen LogP contribution is -2.11. The van der Waals surface area contributed by atoms with Crippen LogP contribution >= 0.6 is 0 Å². The van der Waals surface area contributed by atoms with Gasteiger partial charge in [-0.3, -0.25) is 0 Å². The first-order valence-electron chi connectivity index (χ1n) is 14.3. The molecule has 0 spiro atoms. The summed E-state index contributed by atoms with van der Waals surface area (Å²) in [5.74, 6) is 0. The van der Waals surface area contributed by atoms with Crippen LogP contribution in [0.4, 0.5) is 17.1 Å². The number of benzene rings is 7. The Kier molecular flexibility index (Phi) is 5.82. The Hall–Kier alpha value is -5.60. The van der Waals surface area contributed by atoms with E-state index in [0.29, 0.717) is 0 Å². The molecule has 1 heterocycles. The van der Waals surface area contributed by atoms with Crippen LogP contribution in [0.1, 0.15) is 0 Å². The monoisotopic (exact) mass is 537 g/mol. The van der Waals surface area contributed by atoms with Crippen molar-refractivity contribution in [2.45, 2.75) is 0 Å². The molecule has 2 nitrogen and oxygen atoms in total. The number of hydrogen-bond acceptors (Lipinski definition) is 2. The van der Waals surface area contributed by atoms with Crippen LogP contribution in [0.2, 0.25) is 0 Å². The number of para-hydroxylation sites is 3. The van der Waals surface area contributed by atoms with E-state index < -0.39 is 0 Å². The predicted octanol–water partition coefficient (Wildman–Crippen LogP) is 11.5. The van der Waals surface area contributed by atoms with E-state index in [-0.39, 0.29) is 0 Å². The van der Waals surface area contributed by atoms with Crippen molar-refractivity contribution in [2.75, 3.05) is 4.90 Å². The third kappa shape index (κ3) is 3.96. The van der Waals surface area contributed by atoms with E-state index in [1.54, 1.807) is 0 Å². The Morgan fingerprint density at radius 1 is 0.405 bits per heavy atom. The molecule has 0 N–H and O–H groups in total. The fourth-order valence-electron chi connectivity index (χ4n) is 6.24. The number of fused-ring (bicyclic) bond motifs is 4. The van der Waals surface area contributed by atoms with Crippen LogP contribution in [0.15, 0.2) is 168 Å². The molecule has 1 aromatic heterocycles. The third-order valence-electron chi connectivity index (χ3n) is 8.06. The standard InChI is InChI=1S/C40H27NO/c1-3-15-29(16-4-1)39-31-19-8-7-14-28(31)26-27-33(39)32-20-9-11-22-35(32)41(30-17-5-2-6-18-30)36-23-13-25-38-40(36)34-21-10-12-24-37(34)42-38/h1-27H. The average molecular weight is 538 g/mol. The molecule has 0 fully saturated rings. The minimum Gasteiger partial charge on any atom is -0.456 e. The Morgan fingerprint density at radius 2 is 1.05 bits per heavy atom. The molecule has 0 unspecified atom stereocenters. The van der Waals surface area contributed by atoms with Crippen molar-refractivity contribution in [3.63, 3.8) is 0 Å². The van der Waals surface area contributed by atoms with E-state index in [1.165, 1.54) is 27.5 Å². The Morgan fingerprint density at radius 3 is 1.90 bits per heavy atom. The highest BCUT2D eigenvalue weighted by molar-refractivity contribution is 6.14. The summed E-state index contributed by atoms with van der Waals surface area (Å²) in [5.41, 5.74) is 9.84. The smallest absolute Gasteiger partial charge is 0.137 e. The topological polar surface area (TPSA) is 16.4 Å². The van der Waals surface area contributed by atoms with Crippen molar-refractivity contribution >= 4 is 49.8 Å². The number of anilines is 3. The van der Waals surface area contributed by atoms with Crippen molar-refractivity contribution in [3.8, 4) is 22.3 Å². The zero-order valence-corrected chi connectivity index (χ0v) is 22.9. The highest BCUT2D eigenvalue weighted by atomic mass is 16.3. The summed E-state index contributed by atoms with van der Waals surface area (Å²) in [6.45, 7) is 0. The van der Waals surface area contributed by atoms with E-state index >= 15 is 0 Å². The third-order valence-corrected chi connectivity index (χ3v) is 8.06. The molecule has 0 saturated carbocycles. The van der Waals surface area contributed by atoms with Gasteiger partial charge in [0, 0.05) is 16.6 Å². The van der Waals surface area contributed by atoms with Gasteiger partial charge in [-0.2, -0.15) is 0 Å². The normalized spacial score (nSPS) is 11.3. The maximum Gasteiger partial charge on any atom is 0.137 e. The van der Waals surface area contributed by atoms with Crippen molar-refractivity contribution in [3.05, 3.63) is 164 Å². The molecule has 0 saturated heterocycles. The molecule has 0 radical (unpaired) electrons. The summed E-state index contributed by atoms with van der Waals surface area (Å²) < 4.78 is 6.33. The molecule has 0 atom stereocenters. The molecule has 7 aromatic carbocycles. The molecule has 2 heteroatoms. The Balaban J connectivity index is 1.45. The predicted molar refractivity (Wildman–Crippen MR) is 177 cm³/mol. The van der Waals surface area contributed by atoms with E-state index in [2.05, 4.69) is 157 Å². The van der Waals surface area contributed by atoms with Gasteiger partial charge in [0.1, 0.15) is 11.2 Å². The van der Waals surface area contributed by atoms with Gasteiger partial charge in [-0.15, -0.1) is 0 Å². The van der Waals surface area contributed by atoms with Crippen LogP contribution in [0, 0.1) is 0 Å². The summed E-state index contributed by atoms with van der Waals surface area (Å²) in [7, 11) is 0. The molecule has 8 rings (SSSR count). The zero-order valence-electron chi connectivity index (χ0n) is 22.9. The van der Waals surface area contributed by atoms with Crippen molar-refractivity contribution in [2.24, 2.45) is 0 Å². The average Bonchev–Trinajstić information content (AvgIpc) is 3.45. The van der Waals surface area contributed by atoms with Gasteiger partial charge in [-0.1, -0.05) is 127 Å². The largest absolute Gasteiger partial charge is 0.456 e. The minimum atomic E-state index is 0.878. The lowest BCUT2D eigenvalue weighted by atomic mass is 9.89. The van der Waals surface area contributed by atoms with Gasteiger partial charge in [-0.25, -0.2) is 0 Å². The molecule has 0 bridgehead atoms. The lowest BCUT2D eigenvalue weighted by molar-refractivity contribution is 0.669. The van der Waals surface area contributed by atoms with Gasteiger partial charge in [0.15, 0.2) is 0 Å². The maximum absolute atomic E-state index is 6.33. The molecular weight excluding hydrogens is 510 g/mol. The van der Waals surface area contributed by atoms with Gasteiger partial charge in [0.25, 0.3) is 0 Å². The lowest BCUT2D eigenvalue weighted by Gasteiger charge is -2.29. The van der Waals surface area contributed by atoms with Crippen LogP contribution in [-0.2, 0) is 0 Å². The fraction of sp³-hybridized carbons (Fsp3) is 0. The molecular formula is C40H27NO. The quantitative estimate of drug-likeness (QED) is 0.217. The van der Waals surface area contributed by atoms with Crippen LogP contribution < -0.4 is 4.90 Å². The van der Waals surface area contributed by atoms with E-state index in [0.717, 1.165) is 44.6 Å². The number of rotatable bonds is 5. The Bertz CT molecular complexity index is 2200. The van der Waals surface area contributed by atoms with Crippen LogP contribution in [0.3, 0.4) is 0 Å². The highest BCUT2D eigenvalue weighted by Gasteiger charge is 2.23. The second-order valence-electron chi connectivity index (χ2n) is 10.5. The van der Waals surface area contributed by atoms with Crippen LogP contribution in [-0.4, -0.2) is 0 Å². The summed E-state index contributed by atoms with van der Waals surface area (Å²) in [6, 6.07) is 57.9. The molecule has 0 aliphatic rings. The van der Waals surface area contributed by atoms with Crippen molar-refractivity contribution in [1.29, 1.82) is 0 Å². The summed E-state index contributed by atoms with van der Waals surface area (Å²) in [5, 5.41) is 4.68. The van der Waals surface area contributed by atoms with Gasteiger partial charge in [-0.05, 0) is 63.9 Å².